The van der Waals surface area contributed by atoms with E-state index in [9.17, 15) is 18.4 Å². The van der Waals surface area contributed by atoms with E-state index in [0.717, 1.165) is 12.1 Å². The van der Waals surface area contributed by atoms with Crippen LogP contribution in [0.3, 0.4) is 0 Å². The molecule has 2 saturated carbocycles. The second kappa shape index (κ2) is 7.13. The van der Waals surface area contributed by atoms with Crippen LogP contribution < -0.4 is 15.4 Å². The maximum absolute atomic E-state index is 14.5. The van der Waals surface area contributed by atoms with Crippen LogP contribution in [0.25, 0.3) is 0 Å². The number of benzene rings is 1. The molecule has 2 aliphatic carbocycles. The average molecular weight is 405 g/mol. The first-order valence-corrected chi connectivity index (χ1v) is 9.40. The Labute approximate surface area is 165 Å². The number of nitrogens with zero attached hydrogens (tertiary/aromatic N) is 1. The van der Waals surface area contributed by atoms with Gasteiger partial charge in [0.25, 0.3) is 0 Å². The number of Topliss-reactive ketones (excluding diaryl/α,β-unsaturated/α-hetero) is 1. The molecular formula is C20H21F2N3O4. The summed E-state index contributed by atoms with van der Waals surface area (Å²) < 4.78 is 39.4. The van der Waals surface area contributed by atoms with Gasteiger partial charge in [-0.15, -0.1) is 0 Å². The molecule has 0 spiro atoms. The van der Waals surface area contributed by atoms with E-state index in [4.69, 9.17) is 9.15 Å². The van der Waals surface area contributed by atoms with Gasteiger partial charge in [-0.05, 0) is 26.2 Å². The predicted octanol–water partition coefficient (Wildman–Crippen LogP) is 3.07. The summed E-state index contributed by atoms with van der Waals surface area (Å²) in [7, 11) is 1.31. The van der Waals surface area contributed by atoms with Crippen LogP contribution in [0.1, 0.15) is 48.8 Å². The summed E-state index contributed by atoms with van der Waals surface area (Å²) in [6.07, 6.45) is 3.26. The molecule has 2 aromatic rings. The van der Waals surface area contributed by atoms with Crippen LogP contribution in [0.15, 0.2) is 22.7 Å². The van der Waals surface area contributed by atoms with Gasteiger partial charge in [0, 0.05) is 30.0 Å². The number of hydrogen-bond acceptors (Lipinski definition) is 5. The van der Waals surface area contributed by atoms with Crippen molar-refractivity contribution >= 4 is 11.8 Å². The summed E-state index contributed by atoms with van der Waals surface area (Å²) in [5, 5.41) is 5.40. The Morgan fingerprint density at radius 1 is 1.31 bits per heavy atom. The number of urea groups is 1. The number of ether oxygens (including phenoxy) is 1. The Hall–Kier alpha value is -2.97. The van der Waals surface area contributed by atoms with Crippen LogP contribution in [-0.2, 0) is 10.3 Å². The third kappa shape index (κ3) is 3.56. The van der Waals surface area contributed by atoms with Crippen LogP contribution in [-0.4, -0.2) is 29.9 Å². The highest BCUT2D eigenvalue weighted by atomic mass is 19.1. The van der Waals surface area contributed by atoms with Crippen molar-refractivity contribution in [3.05, 3.63) is 47.2 Å². The number of hydrogen-bond donors (Lipinski definition) is 2. The highest BCUT2D eigenvalue weighted by Gasteiger charge is 2.51. The Bertz CT molecular complexity index is 947. The molecule has 2 atom stereocenters. The van der Waals surface area contributed by atoms with E-state index in [2.05, 4.69) is 15.6 Å². The lowest BCUT2D eigenvalue weighted by molar-refractivity contribution is -0.119. The van der Waals surface area contributed by atoms with Crippen molar-refractivity contribution in [2.45, 2.75) is 50.1 Å². The maximum atomic E-state index is 14.5. The average Bonchev–Trinajstić information content (AvgIpc) is 3.17. The number of amides is 2. The number of methoxy groups -OCH3 is 1. The van der Waals surface area contributed by atoms with E-state index in [1.807, 2.05) is 0 Å². The van der Waals surface area contributed by atoms with Gasteiger partial charge in [-0.2, -0.15) is 0 Å². The van der Waals surface area contributed by atoms with E-state index in [1.165, 1.54) is 7.11 Å². The van der Waals surface area contributed by atoms with Crippen molar-refractivity contribution in [3.8, 4) is 5.75 Å². The fourth-order valence-electron chi connectivity index (χ4n) is 3.86. The quantitative estimate of drug-likeness (QED) is 0.798. The first-order valence-electron chi connectivity index (χ1n) is 9.40. The molecule has 2 aliphatic rings. The Morgan fingerprint density at radius 3 is 2.55 bits per heavy atom. The molecule has 1 aromatic heterocycles. The van der Waals surface area contributed by atoms with Crippen LogP contribution in [0.4, 0.5) is 13.6 Å². The minimum Gasteiger partial charge on any atom is -0.497 e. The van der Waals surface area contributed by atoms with Gasteiger partial charge in [-0.3, -0.25) is 4.79 Å². The van der Waals surface area contributed by atoms with Gasteiger partial charge < -0.3 is 19.8 Å². The van der Waals surface area contributed by atoms with Gasteiger partial charge in [0.1, 0.15) is 28.7 Å². The SMILES string of the molecule is COc1cc(F)c([C@@H]2CCC(=O)[C@H]2NC(=O)NC2(c3ncc(C)o3)CC2)c(F)c1. The molecule has 7 nitrogen and oxygen atoms in total. The van der Waals surface area contributed by atoms with Gasteiger partial charge in [0.15, 0.2) is 5.78 Å². The number of nitrogens with one attached hydrogen (secondary N) is 2. The van der Waals surface area contributed by atoms with Crippen molar-refractivity contribution in [2.75, 3.05) is 7.11 Å². The zero-order valence-electron chi connectivity index (χ0n) is 16.1. The predicted molar refractivity (Wildman–Crippen MR) is 97.5 cm³/mol. The third-order valence-electron chi connectivity index (χ3n) is 5.53. The highest BCUT2D eigenvalue weighted by Crippen LogP contribution is 2.45. The fourth-order valence-corrected chi connectivity index (χ4v) is 3.86. The lowest BCUT2D eigenvalue weighted by Crippen LogP contribution is -2.49. The molecule has 0 radical (unpaired) electrons. The van der Waals surface area contributed by atoms with Gasteiger partial charge in [0.05, 0.1) is 19.3 Å². The molecule has 0 saturated heterocycles. The van der Waals surface area contributed by atoms with Gasteiger partial charge in [-0.1, -0.05) is 0 Å². The monoisotopic (exact) mass is 405 g/mol. The van der Waals surface area contributed by atoms with E-state index in [1.54, 1.807) is 13.1 Å². The molecule has 154 valence electrons. The summed E-state index contributed by atoms with van der Waals surface area (Å²) in [6.45, 7) is 1.76. The van der Waals surface area contributed by atoms with Crippen molar-refractivity contribution in [3.63, 3.8) is 0 Å². The molecule has 0 bridgehead atoms. The molecule has 29 heavy (non-hydrogen) atoms. The smallest absolute Gasteiger partial charge is 0.316 e. The number of rotatable bonds is 5. The van der Waals surface area contributed by atoms with E-state index in [-0.39, 0.29) is 29.9 Å². The number of aryl methyl sites for hydroxylation is 1. The summed E-state index contributed by atoms with van der Waals surface area (Å²) >= 11 is 0. The topological polar surface area (TPSA) is 93.5 Å². The van der Waals surface area contributed by atoms with Crippen LogP contribution in [0.5, 0.6) is 5.75 Å². The second-order valence-corrected chi connectivity index (χ2v) is 7.55. The Morgan fingerprint density at radius 2 is 2.00 bits per heavy atom. The number of halogens is 2. The summed E-state index contributed by atoms with van der Waals surface area (Å²) in [5.41, 5.74) is -0.919. The lowest BCUT2D eigenvalue weighted by Gasteiger charge is -2.23. The zero-order chi connectivity index (χ0) is 20.8. The van der Waals surface area contributed by atoms with Crippen LogP contribution in [0.2, 0.25) is 0 Å². The standard InChI is InChI=1S/C20H21F2N3O4/c1-10-9-23-18(29-10)20(5-6-20)25-19(27)24-17-12(3-4-15(17)26)16-13(21)7-11(28-2)8-14(16)22/h7-9,12,17H,3-6H2,1-2H3,(H2,24,25,27)/t12-,17-/m0/s1. The lowest BCUT2D eigenvalue weighted by atomic mass is 9.92. The number of oxazole rings is 1. The van der Waals surface area contributed by atoms with Crippen molar-refractivity contribution in [1.29, 1.82) is 0 Å². The molecule has 4 rings (SSSR count). The van der Waals surface area contributed by atoms with Crippen LogP contribution in [0, 0.1) is 18.6 Å². The van der Waals surface area contributed by atoms with Crippen LogP contribution >= 0.6 is 0 Å². The zero-order valence-corrected chi connectivity index (χ0v) is 16.1. The summed E-state index contributed by atoms with van der Waals surface area (Å²) in [5.74, 6) is -1.58. The number of ketones is 1. The molecule has 2 N–H and O–H groups in total. The minimum absolute atomic E-state index is 0.0484. The Kier molecular flexibility index (Phi) is 4.76. The van der Waals surface area contributed by atoms with Crippen molar-refractivity contribution in [2.24, 2.45) is 0 Å². The third-order valence-corrected chi connectivity index (χ3v) is 5.53. The Balaban J connectivity index is 1.52. The summed E-state index contributed by atoms with van der Waals surface area (Å²) in [4.78, 5) is 29.1. The molecule has 0 unspecified atom stereocenters. The normalized spacial score (nSPS) is 22.4. The van der Waals surface area contributed by atoms with Gasteiger partial charge in [0.2, 0.25) is 5.89 Å². The number of carbonyl (C=O) groups is 2. The van der Waals surface area contributed by atoms with E-state index in [0.29, 0.717) is 24.5 Å². The fraction of sp³-hybridized carbons (Fsp3) is 0.450. The first kappa shape index (κ1) is 19.4. The molecule has 1 aromatic carbocycles. The molecule has 2 fully saturated rings. The molecule has 1 heterocycles. The van der Waals surface area contributed by atoms with Gasteiger partial charge >= 0.3 is 6.03 Å². The van der Waals surface area contributed by atoms with Crippen molar-refractivity contribution < 1.29 is 27.5 Å². The maximum Gasteiger partial charge on any atom is 0.316 e. The molecule has 0 aliphatic heterocycles. The first-order chi connectivity index (χ1) is 13.8. The largest absolute Gasteiger partial charge is 0.497 e. The van der Waals surface area contributed by atoms with Crippen molar-refractivity contribution in [1.82, 2.24) is 15.6 Å². The highest BCUT2D eigenvalue weighted by molar-refractivity contribution is 5.91. The second-order valence-electron chi connectivity index (χ2n) is 7.55. The summed E-state index contributed by atoms with van der Waals surface area (Å²) in [6, 6.07) is 0.526. The number of carbonyl (C=O) groups excluding carboxylic acids is 2. The number of aromatic nitrogens is 1. The van der Waals surface area contributed by atoms with Gasteiger partial charge in [-0.25, -0.2) is 18.6 Å². The molecule has 9 heteroatoms. The van der Waals surface area contributed by atoms with E-state index < -0.39 is 35.2 Å². The van der Waals surface area contributed by atoms with E-state index >= 15 is 0 Å². The minimum atomic E-state index is -1.02. The molecular weight excluding hydrogens is 384 g/mol. The molecule has 2 amide bonds.